The highest BCUT2D eigenvalue weighted by atomic mass is 16.3. The van der Waals surface area contributed by atoms with Gasteiger partial charge in [0.25, 0.3) is 0 Å². The summed E-state index contributed by atoms with van der Waals surface area (Å²) in [5.41, 5.74) is 1.01. The molecule has 0 aromatic carbocycles. The maximum absolute atomic E-state index is 9.44. The topological polar surface area (TPSA) is 70.1 Å². The molecule has 1 aromatic heterocycles. The number of aliphatic hydroxyl groups excluding tert-OH is 1. The Morgan fingerprint density at radius 2 is 1.89 bits per heavy atom. The van der Waals surface area contributed by atoms with Gasteiger partial charge < -0.3 is 15.7 Å². The summed E-state index contributed by atoms with van der Waals surface area (Å²) in [5.74, 6) is 3.49. The van der Waals surface area contributed by atoms with Crippen LogP contribution in [0.2, 0.25) is 0 Å². The van der Waals surface area contributed by atoms with Crippen LogP contribution in [0.1, 0.15) is 44.0 Å². The Kier molecular flexibility index (Phi) is 4.24. The molecule has 1 fully saturated rings. The van der Waals surface area contributed by atoms with Crippen LogP contribution in [-0.2, 0) is 0 Å². The van der Waals surface area contributed by atoms with Crippen LogP contribution < -0.4 is 10.6 Å². The second-order valence-corrected chi connectivity index (χ2v) is 5.61. The molecule has 1 aliphatic carbocycles. The summed E-state index contributed by atoms with van der Waals surface area (Å²) in [4.78, 5) is 9.21. The zero-order chi connectivity index (χ0) is 14.0. The van der Waals surface area contributed by atoms with Crippen LogP contribution in [0, 0.1) is 12.8 Å². The lowest BCUT2D eigenvalue weighted by atomic mass is 10.1. The van der Waals surface area contributed by atoms with Crippen LogP contribution >= 0.6 is 0 Å². The molecule has 1 atom stereocenters. The quantitative estimate of drug-likeness (QED) is 0.734. The zero-order valence-corrected chi connectivity index (χ0v) is 12.2. The van der Waals surface area contributed by atoms with E-state index >= 15 is 0 Å². The van der Waals surface area contributed by atoms with Crippen LogP contribution in [0.15, 0.2) is 0 Å². The van der Waals surface area contributed by atoms with Crippen molar-refractivity contribution in [3.63, 3.8) is 0 Å². The van der Waals surface area contributed by atoms with E-state index in [9.17, 15) is 5.11 Å². The summed E-state index contributed by atoms with van der Waals surface area (Å²) in [6, 6.07) is 0.0189. The monoisotopic (exact) mass is 264 g/mol. The van der Waals surface area contributed by atoms with Gasteiger partial charge in [0.05, 0.1) is 12.6 Å². The van der Waals surface area contributed by atoms with E-state index in [2.05, 4.69) is 34.4 Å². The van der Waals surface area contributed by atoms with Crippen molar-refractivity contribution in [3.8, 4) is 0 Å². The molecule has 0 radical (unpaired) electrons. The predicted molar refractivity (Wildman–Crippen MR) is 77.6 cm³/mol. The highest BCUT2D eigenvalue weighted by molar-refractivity contribution is 5.57. The van der Waals surface area contributed by atoms with Gasteiger partial charge in [0.2, 0.25) is 0 Å². The SMILES string of the molecule is CNc1nc(C2CC2)nc(N[C@H](CO)C(C)C)c1C. The van der Waals surface area contributed by atoms with Gasteiger partial charge in [0.1, 0.15) is 17.5 Å². The molecule has 1 aliphatic rings. The molecule has 0 bridgehead atoms. The Hall–Kier alpha value is -1.36. The van der Waals surface area contributed by atoms with E-state index in [1.807, 2.05) is 14.0 Å². The molecule has 1 saturated carbocycles. The molecule has 0 amide bonds. The van der Waals surface area contributed by atoms with Crippen molar-refractivity contribution in [1.82, 2.24) is 9.97 Å². The van der Waals surface area contributed by atoms with Crippen LogP contribution in [0.25, 0.3) is 0 Å². The highest BCUT2D eigenvalue weighted by Crippen LogP contribution is 2.39. The summed E-state index contributed by atoms with van der Waals surface area (Å²) in [7, 11) is 1.88. The summed E-state index contributed by atoms with van der Waals surface area (Å²) >= 11 is 0. The third-order valence-electron chi connectivity index (χ3n) is 3.67. The second kappa shape index (κ2) is 5.74. The Labute approximate surface area is 114 Å². The van der Waals surface area contributed by atoms with Crippen LogP contribution in [0.5, 0.6) is 0 Å². The average Bonchev–Trinajstić information content (AvgIpc) is 3.21. The molecular formula is C14H24N4O. The van der Waals surface area contributed by atoms with Gasteiger partial charge in [-0.05, 0) is 25.7 Å². The zero-order valence-electron chi connectivity index (χ0n) is 12.2. The van der Waals surface area contributed by atoms with Crippen LogP contribution in [-0.4, -0.2) is 34.8 Å². The fraction of sp³-hybridized carbons (Fsp3) is 0.714. The minimum absolute atomic E-state index is 0.0189. The van der Waals surface area contributed by atoms with Gasteiger partial charge in [0, 0.05) is 18.5 Å². The normalized spacial score (nSPS) is 16.5. The minimum atomic E-state index is 0.0189. The standard InChI is InChI=1S/C14H24N4O/c1-8(2)11(7-19)16-13-9(3)12(15-4)17-14(18-13)10-5-6-10/h8,10-11,19H,5-7H2,1-4H3,(H2,15,16,17,18)/t11-/m1/s1. The van der Waals surface area contributed by atoms with E-state index in [1.165, 1.54) is 12.8 Å². The van der Waals surface area contributed by atoms with Gasteiger partial charge in [-0.25, -0.2) is 9.97 Å². The molecule has 0 saturated heterocycles. The van der Waals surface area contributed by atoms with Crippen LogP contribution in [0.4, 0.5) is 11.6 Å². The highest BCUT2D eigenvalue weighted by Gasteiger charge is 2.28. The average molecular weight is 264 g/mol. The summed E-state index contributed by atoms with van der Waals surface area (Å²) in [6.45, 7) is 6.28. The van der Waals surface area contributed by atoms with Gasteiger partial charge in [-0.1, -0.05) is 13.8 Å². The summed E-state index contributed by atoms with van der Waals surface area (Å²) in [6.07, 6.45) is 2.36. The van der Waals surface area contributed by atoms with Gasteiger partial charge in [-0.3, -0.25) is 0 Å². The van der Waals surface area contributed by atoms with E-state index in [4.69, 9.17) is 0 Å². The minimum Gasteiger partial charge on any atom is -0.394 e. The fourth-order valence-electron chi connectivity index (χ4n) is 2.04. The van der Waals surface area contributed by atoms with Crippen molar-refractivity contribution >= 4 is 11.6 Å². The molecule has 0 unspecified atom stereocenters. The van der Waals surface area contributed by atoms with Crippen LogP contribution in [0.3, 0.4) is 0 Å². The Morgan fingerprint density at radius 3 is 2.37 bits per heavy atom. The van der Waals surface area contributed by atoms with Crippen molar-refractivity contribution in [2.24, 2.45) is 5.92 Å². The van der Waals surface area contributed by atoms with Crippen molar-refractivity contribution in [2.45, 2.75) is 45.6 Å². The van der Waals surface area contributed by atoms with Crippen molar-refractivity contribution in [3.05, 3.63) is 11.4 Å². The number of nitrogens with one attached hydrogen (secondary N) is 2. The Bertz CT molecular complexity index is 443. The molecule has 5 nitrogen and oxygen atoms in total. The fourth-order valence-corrected chi connectivity index (χ4v) is 2.04. The lowest BCUT2D eigenvalue weighted by Crippen LogP contribution is -2.30. The first-order valence-corrected chi connectivity index (χ1v) is 7.00. The van der Waals surface area contributed by atoms with E-state index in [0.29, 0.717) is 11.8 Å². The number of anilines is 2. The first kappa shape index (κ1) is 14.1. The van der Waals surface area contributed by atoms with E-state index in [-0.39, 0.29) is 12.6 Å². The summed E-state index contributed by atoms with van der Waals surface area (Å²) < 4.78 is 0. The molecule has 0 aliphatic heterocycles. The predicted octanol–water partition coefficient (Wildman–Crippen LogP) is 2.13. The molecule has 0 spiro atoms. The summed E-state index contributed by atoms with van der Waals surface area (Å²) in [5, 5.41) is 15.9. The largest absolute Gasteiger partial charge is 0.394 e. The van der Waals surface area contributed by atoms with Gasteiger partial charge >= 0.3 is 0 Å². The number of hydrogen-bond donors (Lipinski definition) is 3. The molecule has 106 valence electrons. The first-order valence-electron chi connectivity index (χ1n) is 7.00. The Balaban J connectivity index is 2.29. The number of nitrogens with zero attached hydrogens (tertiary/aromatic N) is 2. The van der Waals surface area contributed by atoms with E-state index in [1.54, 1.807) is 0 Å². The van der Waals surface area contributed by atoms with Gasteiger partial charge in [-0.15, -0.1) is 0 Å². The van der Waals surface area contributed by atoms with Crippen molar-refractivity contribution in [1.29, 1.82) is 0 Å². The third-order valence-corrected chi connectivity index (χ3v) is 3.67. The number of aliphatic hydroxyl groups is 1. The lowest BCUT2D eigenvalue weighted by Gasteiger charge is -2.22. The van der Waals surface area contributed by atoms with Gasteiger partial charge in [-0.2, -0.15) is 0 Å². The Morgan fingerprint density at radius 1 is 1.26 bits per heavy atom. The second-order valence-electron chi connectivity index (χ2n) is 5.61. The van der Waals surface area contributed by atoms with E-state index < -0.39 is 0 Å². The molecule has 5 heteroatoms. The number of hydrogen-bond acceptors (Lipinski definition) is 5. The van der Waals surface area contributed by atoms with Crippen molar-refractivity contribution in [2.75, 3.05) is 24.3 Å². The van der Waals surface area contributed by atoms with E-state index in [0.717, 1.165) is 23.0 Å². The van der Waals surface area contributed by atoms with Gasteiger partial charge in [0.15, 0.2) is 0 Å². The number of rotatable bonds is 6. The molecule has 3 N–H and O–H groups in total. The first-order chi connectivity index (χ1) is 9.06. The smallest absolute Gasteiger partial charge is 0.136 e. The molecular weight excluding hydrogens is 240 g/mol. The molecule has 2 rings (SSSR count). The maximum atomic E-state index is 9.44. The van der Waals surface area contributed by atoms with Crippen molar-refractivity contribution < 1.29 is 5.11 Å². The molecule has 19 heavy (non-hydrogen) atoms. The molecule has 1 heterocycles. The third kappa shape index (κ3) is 3.15. The molecule has 1 aromatic rings. The maximum Gasteiger partial charge on any atom is 0.136 e. The number of aromatic nitrogens is 2. The lowest BCUT2D eigenvalue weighted by molar-refractivity contribution is 0.249.